The first-order valence-corrected chi connectivity index (χ1v) is 9.07. The van der Waals surface area contributed by atoms with E-state index in [0.717, 1.165) is 12.2 Å². The molecule has 0 spiro atoms. The maximum Gasteiger partial charge on any atom is 0.317 e. The number of benzene rings is 1. The molecular formula is C19H29N3O3. The molecule has 1 N–H and O–H groups in total. The lowest BCUT2D eigenvalue weighted by Gasteiger charge is -2.23. The van der Waals surface area contributed by atoms with Crippen LogP contribution in [0, 0.1) is 0 Å². The van der Waals surface area contributed by atoms with E-state index in [1.54, 1.807) is 4.90 Å². The topological polar surface area (TPSA) is 61.9 Å². The van der Waals surface area contributed by atoms with Crippen molar-refractivity contribution in [3.05, 3.63) is 30.3 Å². The molecule has 1 aromatic rings. The number of carbonyl (C=O) groups excluding carboxylic acids is 2. The van der Waals surface area contributed by atoms with E-state index in [2.05, 4.69) is 5.32 Å². The van der Waals surface area contributed by atoms with Crippen molar-refractivity contribution in [1.82, 2.24) is 15.1 Å². The lowest BCUT2D eigenvalue weighted by molar-refractivity contribution is -0.131. The fraction of sp³-hybridized carbons (Fsp3) is 0.579. The Balaban J connectivity index is 1.68. The Hall–Kier alpha value is -2.24. The highest BCUT2D eigenvalue weighted by Gasteiger charge is 2.21. The first-order chi connectivity index (χ1) is 12.1. The van der Waals surface area contributed by atoms with E-state index in [1.807, 2.05) is 49.1 Å². The fourth-order valence-corrected chi connectivity index (χ4v) is 2.80. The van der Waals surface area contributed by atoms with Crippen LogP contribution in [0.15, 0.2) is 30.3 Å². The van der Waals surface area contributed by atoms with Crippen molar-refractivity contribution in [3.63, 3.8) is 0 Å². The van der Waals surface area contributed by atoms with Gasteiger partial charge in [0.25, 0.3) is 0 Å². The summed E-state index contributed by atoms with van der Waals surface area (Å²) in [7, 11) is 0. The van der Waals surface area contributed by atoms with E-state index in [-0.39, 0.29) is 18.0 Å². The summed E-state index contributed by atoms with van der Waals surface area (Å²) < 4.78 is 5.62. The SMILES string of the molecule is CC(C)NC(=O)N1CCCN(C(=O)CCCOc2ccccc2)CC1. The molecular weight excluding hydrogens is 318 g/mol. The van der Waals surface area contributed by atoms with E-state index in [4.69, 9.17) is 4.74 Å². The summed E-state index contributed by atoms with van der Waals surface area (Å²) in [6.07, 6.45) is 1.99. The van der Waals surface area contributed by atoms with Crippen LogP contribution in [-0.2, 0) is 4.79 Å². The van der Waals surface area contributed by atoms with Gasteiger partial charge in [0.05, 0.1) is 6.61 Å². The monoisotopic (exact) mass is 347 g/mol. The van der Waals surface area contributed by atoms with Gasteiger partial charge in [-0.05, 0) is 38.8 Å². The molecule has 1 saturated heterocycles. The number of ether oxygens (including phenoxy) is 1. The first-order valence-electron chi connectivity index (χ1n) is 9.07. The lowest BCUT2D eigenvalue weighted by Crippen LogP contribution is -2.44. The number of rotatable bonds is 6. The molecule has 0 atom stereocenters. The quantitative estimate of drug-likeness (QED) is 0.804. The van der Waals surface area contributed by atoms with Crippen molar-refractivity contribution in [1.29, 1.82) is 0 Å². The van der Waals surface area contributed by atoms with Crippen molar-refractivity contribution >= 4 is 11.9 Å². The Kier molecular flexibility index (Phi) is 7.57. The van der Waals surface area contributed by atoms with Gasteiger partial charge in [-0.25, -0.2) is 4.79 Å². The van der Waals surface area contributed by atoms with Gasteiger partial charge in [-0.1, -0.05) is 18.2 Å². The van der Waals surface area contributed by atoms with Gasteiger partial charge in [0.1, 0.15) is 5.75 Å². The first kappa shape index (κ1) is 19.1. The fourth-order valence-electron chi connectivity index (χ4n) is 2.80. The van der Waals surface area contributed by atoms with Crippen LogP contribution < -0.4 is 10.1 Å². The number of amides is 3. The third-order valence-corrected chi connectivity index (χ3v) is 4.09. The average molecular weight is 347 g/mol. The standard InChI is InChI=1S/C19H29N3O3/c1-16(2)20-19(24)22-12-7-11-21(13-14-22)18(23)10-6-15-25-17-8-4-3-5-9-17/h3-5,8-9,16H,6-7,10-15H2,1-2H3,(H,20,24). The van der Waals surface area contributed by atoms with Gasteiger partial charge in [0, 0.05) is 38.6 Å². The van der Waals surface area contributed by atoms with Crippen molar-refractivity contribution in [2.75, 3.05) is 32.8 Å². The highest BCUT2D eigenvalue weighted by atomic mass is 16.5. The second kappa shape index (κ2) is 9.91. The lowest BCUT2D eigenvalue weighted by atomic mass is 10.2. The summed E-state index contributed by atoms with van der Waals surface area (Å²) >= 11 is 0. The summed E-state index contributed by atoms with van der Waals surface area (Å²) in [5, 5.41) is 2.91. The van der Waals surface area contributed by atoms with E-state index in [9.17, 15) is 9.59 Å². The summed E-state index contributed by atoms with van der Waals surface area (Å²) in [6, 6.07) is 9.71. The number of hydrogen-bond acceptors (Lipinski definition) is 3. The zero-order valence-corrected chi connectivity index (χ0v) is 15.2. The van der Waals surface area contributed by atoms with Crippen molar-refractivity contribution < 1.29 is 14.3 Å². The highest BCUT2D eigenvalue weighted by Crippen LogP contribution is 2.10. The van der Waals surface area contributed by atoms with Gasteiger partial charge in [0.15, 0.2) is 0 Å². The second-order valence-corrected chi connectivity index (χ2v) is 6.59. The van der Waals surface area contributed by atoms with Crippen LogP contribution in [0.5, 0.6) is 5.75 Å². The molecule has 138 valence electrons. The number of para-hydroxylation sites is 1. The van der Waals surface area contributed by atoms with Gasteiger partial charge in [-0.3, -0.25) is 4.79 Å². The summed E-state index contributed by atoms with van der Waals surface area (Å²) in [5.41, 5.74) is 0. The van der Waals surface area contributed by atoms with Crippen LogP contribution in [0.3, 0.4) is 0 Å². The number of urea groups is 1. The molecule has 3 amide bonds. The molecule has 1 aliphatic rings. The molecule has 6 nitrogen and oxygen atoms in total. The molecule has 0 aliphatic carbocycles. The van der Waals surface area contributed by atoms with E-state index >= 15 is 0 Å². The largest absolute Gasteiger partial charge is 0.494 e. The molecule has 0 bridgehead atoms. The molecule has 0 radical (unpaired) electrons. The molecule has 1 fully saturated rings. The molecule has 1 aromatic carbocycles. The Labute approximate surface area is 150 Å². The molecule has 0 saturated carbocycles. The average Bonchev–Trinajstić information content (AvgIpc) is 2.85. The van der Waals surface area contributed by atoms with E-state index in [0.29, 0.717) is 45.6 Å². The smallest absolute Gasteiger partial charge is 0.317 e. The Morgan fingerprint density at radius 1 is 1.08 bits per heavy atom. The Morgan fingerprint density at radius 2 is 1.76 bits per heavy atom. The number of hydrogen-bond donors (Lipinski definition) is 1. The summed E-state index contributed by atoms with van der Waals surface area (Å²) in [6.45, 7) is 7.02. The molecule has 0 unspecified atom stereocenters. The van der Waals surface area contributed by atoms with Gasteiger partial charge in [0.2, 0.25) is 5.91 Å². The maximum atomic E-state index is 12.4. The molecule has 25 heavy (non-hydrogen) atoms. The van der Waals surface area contributed by atoms with Crippen LogP contribution >= 0.6 is 0 Å². The van der Waals surface area contributed by atoms with Crippen molar-refractivity contribution in [3.8, 4) is 5.75 Å². The van der Waals surface area contributed by atoms with E-state index < -0.39 is 0 Å². The predicted molar refractivity (Wildman–Crippen MR) is 97.6 cm³/mol. The van der Waals surface area contributed by atoms with Crippen LogP contribution in [0.1, 0.15) is 33.1 Å². The molecule has 1 aliphatic heterocycles. The van der Waals surface area contributed by atoms with E-state index in [1.165, 1.54) is 0 Å². The minimum Gasteiger partial charge on any atom is -0.494 e. The van der Waals surface area contributed by atoms with Gasteiger partial charge >= 0.3 is 6.03 Å². The van der Waals surface area contributed by atoms with Crippen LogP contribution in [0.25, 0.3) is 0 Å². The molecule has 0 aromatic heterocycles. The number of nitrogens with zero attached hydrogens (tertiary/aromatic N) is 2. The number of nitrogens with one attached hydrogen (secondary N) is 1. The third kappa shape index (κ3) is 6.64. The predicted octanol–water partition coefficient (Wildman–Crippen LogP) is 2.50. The van der Waals surface area contributed by atoms with Crippen molar-refractivity contribution in [2.45, 2.75) is 39.2 Å². The summed E-state index contributed by atoms with van der Waals surface area (Å²) in [4.78, 5) is 28.1. The molecule has 2 rings (SSSR count). The van der Waals surface area contributed by atoms with Crippen molar-refractivity contribution in [2.24, 2.45) is 0 Å². The third-order valence-electron chi connectivity index (χ3n) is 4.09. The zero-order chi connectivity index (χ0) is 18.1. The highest BCUT2D eigenvalue weighted by molar-refractivity contribution is 5.77. The normalized spacial score (nSPS) is 15.0. The minimum atomic E-state index is -0.0411. The van der Waals surface area contributed by atoms with Gasteiger partial charge in [-0.2, -0.15) is 0 Å². The number of carbonyl (C=O) groups is 2. The summed E-state index contributed by atoms with van der Waals surface area (Å²) in [5.74, 6) is 0.972. The molecule has 6 heteroatoms. The Morgan fingerprint density at radius 3 is 2.48 bits per heavy atom. The molecule has 1 heterocycles. The van der Waals surface area contributed by atoms with Gasteiger partial charge in [-0.15, -0.1) is 0 Å². The zero-order valence-electron chi connectivity index (χ0n) is 15.2. The van der Waals surface area contributed by atoms with Crippen LogP contribution in [0.2, 0.25) is 0 Å². The maximum absolute atomic E-state index is 12.4. The Bertz CT molecular complexity index is 548. The second-order valence-electron chi connectivity index (χ2n) is 6.59. The van der Waals surface area contributed by atoms with Crippen LogP contribution in [0.4, 0.5) is 4.79 Å². The van der Waals surface area contributed by atoms with Gasteiger partial charge < -0.3 is 19.9 Å². The van der Waals surface area contributed by atoms with Crippen LogP contribution in [-0.4, -0.2) is 60.6 Å². The minimum absolute atomic E-state index is 0.0411.